The molecule has 1 saturated carbocycles. The van der Waals surface area contributed by atoms with Gasteiger partial charge in [0.15, 0.2) is 0 Å². The Kier molecular flexibility index (Phi) is 6.38. The Morgan fingerprint density at radius 3 is 2.45 bits per heavy atom. The van der Waals surface area contributed by atoms with Gasteiger partial charge in [-0.3, -0.25) is 9.69 Å². The normalized spacial score (nSPS) is 22.4. The number of likely N-dealkylation sites (tertiary alicyclic amines) is 1. The van der Waals surface area contributed by atoms with Crippen molar-refractivity contribution in [2.24, 2.45) is 11.3 Å². The van der Waals surface area contributed by atoms with Gasteiger partial charge in [0.25, 0.3) is 0 Å². The minimum atomic E-state index is -0.268. The Bertz CT molecular complexity index is 979. The van der Waals surface area contributed by atoms with E-state index in [-0.39, 0.29) is 17.4 Å². The average molecular weight is 469 g/mol. The number of rotatable bonds is 5. The first-order chi connectivity index (χ1) is 16.1. The molecule has 3 heterocycles. The summed E-state index contributed by atoms with van der Waals surface area (Å²) in [7, 11) is 0. The average Bonchev–Trinajstić information content (AvgIpc) is 3.34. The molecule has 0 radical (unpaired) electrons. The van der Waals surface area contributed by atoms with E-state index < -0.39 is 0 Å². The van der Waals surface area contributed by atoms with Crippen LogP contribution in [-0.2, 0) is 16.1 Å². The van der Waals surface area contributed by atoms with Crippen LogP contribution in [0.25, 0.3) is 11.3 Å². The fourth-order valence-corrected chi connectivity index (χ4v) is 6.11. The molecule has 7 nitrogen and oxygen atoms in total. The first kappa shape index (κ1) is 22.3. The molecule has 2 aromatic rings. The largest absolute Gasteiger partial charge is 0.450 e. The second kappa shape index (κ2) is 9.43. The topological polar surface area (TPSA) is 66.0 Å². The van der Waals surface area contributed by atoms with E-state index in [1.807, 2.05) is 30.0 Å². The zero-order valence-corrected chi connectivity index (χ0v) is 20.1. The maximum absolute atomic E-state index is 13.1. The molecule has 176 valence electrons. The molecule has 5 rings (SSSR count). The van der Waals surface area contributed by atoms with Crippen molar-refractivity contribution in [1.82, 2.24) is 19.7 Å². The van der Waals surface area contributed by atoms with Crippen molar-refractivity contribution in [3.63, 3.8) is 0 Å². The summed E-state index contributed by atoms with van der Waals surface area (Å²) in [6, 6.07) is 10.3. The van der Waals surface area contributed by atoms with Crippen molar-refractivity contribution >= 4 is 23.3 Å². The summed E-state index contributed by atoms with van der Waals surface area (Å²) in [6.45, 7) is 7.51. The predicted molar refractivity (Wildman–Crippen MR) is 128 cm³/mol. The van der Waals surface area contributed by atoms with Crippen molar-refractivity contribution in [3.8, 4) is 11.3 Å². The van der Waals surface area contributed by atoms with Crippen LogP contribution in [0.3, 0.4) is 0 Å². The fraction of sp³-hybridized carbons (Fsp3) is 0.560. The van der Waals surface area contributed by atoms with Gasteiger partial charge in [-0.2, -0.15) is 0 Å². The fourth-order valence-electron chi connectivity index (χ4n) is 5.27. The lowest BCUT2D eigenvalue weighted by Crippen LogP contribution is -2.51. The standard InChI is InChI=1S/C25H32N4O3S/c1-2-32-24(31)29-14-12-28(13-15-29)23(30)20-16-25(20)8-10-27(11-9-25)17-22-26-21(18-33-22)19-6-4-3-5-7-19/h3-7,18,20H,2,8-17H2,1H3. The molecule has 1 aromatic carbocycles. The van der Waals surface area contributed by atoms with Gasteiger partial charge in [-0.15, -0.1) is 11.3 Å². The summed E-state index contributed by atoms with van der Waals surface area (Å²) in [6.07, 6.45) is 2.93. The molecule has 1 aromatic heterocycles. The van der Waals surface area contributed by atoms with Gasteiger partial charge in [0.2, 0.25) is 5.91 Å². The molecule has 2 amide bonds. The number of nitrogens with zero attached hydrogens (tertiary/aromatic N) is 4. The smallest absolute Gasteiger partial charge is 0.409 e. The molecular weight excluding hydrogens is 436 g/mol. The highest BCUT2D eigenvalue weighted by Gasteiger charge is 2.59. The predicted octanol–water partition coefficient (Wildman–Crippen LogP) is 3.71. The number of amides is 2. The Balaban J connectivity index is 1.09. The number of piperazine rings is 1. The van der Waals surface area contributed by atoms with E-state index in [1.165, 1.54) is 5.56 Å². The minimum absolute atomic E-state index is 0.165. The summed E-state index contributed by atoms with van der Waals surface area (Å²) in [5, 5.41) is 3.31. The molecule has 8 heteroatoms. The molecule has 1 unspecified atom stereocenters. The number of hydrogen-bond acceptors (Lipinski definition) is 6. The van der Waals surface area contributed by atoms with E-state index in [1.54, 1.807) is 16.2 Å². The number of thiazole rings is 1. The highest BCUT2D eigenvalue weighted by atomic mass is 32.1. The molecule has 33 heavy (non-hydrogen) atoms. The quantitative estimate of drug-likeness (QED) is 0.669. The highest BCUT2D eigenvalue weighted by Crippen LogP contribution is 2.60. The first-order valence-corrected chi connectivity index (χ1v) is 12.9. The maximum Gasteiger partial charge on any atom is 0.409 e. The van der Waals surface area contributed by atoms with Gasteiger partial charge in [-0.05, 0) is 44.7 Å². The first-order valence-electron chi connectivity index (χ1n) is 12.0. The number of piperidine rings is 1. The van der Waals surface area contributed by atoms with Crippen LogP contribution in [-0.4, -0.2) is 77.6 Å². The van der Waals surface area contributed by atoms with E-state index in [0.29, 0.717) is 38.7 Å². The molecule has 1 spiro atoms. The molecule has 2 aliphatic heterocycles. The van der Waals surface area contributed by atoms with Gasteiger partial charge in [-0.25, -0.2) is 9.78 Å². The van der Waals surface area contributed by atoms with Crippen LogP contribution in [0.1, 0.15) is 31.2 Å². The minimum Gasteiger partial charge on any atom is -0.450 e. The van der Waals surface area contributed by atoms with Crippen LogP contribution in [0.2, 0.25) is 0 Å². The van der Waals surface area contributed by atoms with Gasteiger partial charge >= 0.3 is 6.09 Å². The van der Waals surface area contributed by atoms with Crippen LogP contribution in [0.15, 0.2) is 35.7 Å². The van der Waals surface area contributed by atoms with Gasteiger partial charge in [-0.1, -0.05) is 30.3 Å². The Labute approximate surface area is 199 Å². The maximum atomic E-state index is 13.1. The van der Waals surface area contributed by atoms with Gasteiger partial charge in [0.1, 0.15) is 5.01 Å². The molecule has 3 aliphatic rings. The van der Waals surface area contributed by atoms with Crippen molar-refractivity contribution < 1.29 is 14.3 Å². The van der Waals surface area contributed by atoms with Crippen LogP contribution in [0.4, 0.5) is 4.79 Å². The zero-order valence-electron chi connectivity index (χ0n) is 19.2. The van der Waals surface area contributed by atoms with E-state index in [0.717, 1.165) is 49.6 Å². The summed E-state index contributed by atoms with van der Waals surface area (Å²) in [5.41, 5.74) is 2.42. The third-order valence-corrected chi connectivity index (χ3v) is 8.27. The van der Waals surface area contributed by atoms with Crippen LogP contribution in [0, 0.1) is 11.3 Å². The van der Waals surface area contributed by atoms with Crippen molar-refractivity contribution in [2.45, 2.75) is 32.7 Å². The van der Waals surface area contributed by atoms with E-state index in [4.69, 9.17) is 9.72 Å². The number of ether oxygens (including phenoxy) is 1. The van der Waals surface area contributed by atoms with Gasteiger partial charge < -0.3 is 14.5 Å². The molecular formula is C25H32N4O3S. The molecule has 0 bridgehead atoms. The number of carbonyl (C=O) groups excluding carboxylic acids is 2. The number of aromatic nitrogens is 1. The molecule has 1 atom stereocenters. The van der Waals surface area contributed by atoms with Crippen molar-refractivity contribution in [2.75, 3.05) is 45.9 Å². The van der Waals surface area contributed by atoms with Crippen molar-refractivity contribution in [1.29, 1.82) is 0 Å². The van der Waals surface area contributed by atoms with E-state index in [9.17, 15) is 9.59 Å². The van der Waals surface area contributed by atoms with Gasteiger partial charge in [0, 0.05) is 43.0 Å². The summed E-state index contributed by atoms with van der Waals surface area (Å²) in [4.78, 5) is 36.0. The molecule has 1 aliphatic carbocycles. The number of hydrogen-bond donors (Lipinski definition) is 0. The lowest BCUT2D eigenvalue weighted by atomic mass is 9.90. The monoisotopic (exact) mass is 468 g/mol. The third-order valence-electron chi connectivity index (χ3n) is 7.44. The van der Waals surface area contributed by atoms with E-state index in [2.05, 4.69) is 22.4 Å². The third kappa shape index (κ3) is 4.77. The SMILES string of the molecule is CCOC(=O)N1CCN(C(=O)C2CC23CCN(Cc2nc(-c4ccccc4)cs2)CC3)CC1. The van der Waals surface area contributed by atoms with Crippen LogP contribution < -0.4 is 0 Å². The molecule has 0 N–H and O–H groups in total. The lowest BCUT2D eigenvalue weighted by Gasteiger charge is -2.36. The second-order valence-corrected chi connectivity index (χ2v) is 10.3. The summed E-state index contributed by atoms with van der Waals surface area (Å²) >= 11 is 1.73. The number of carbonyl (C=O) groups is 2. The molecule has 2 saturated heterocycles. The van der Waals surface area contributed by atoms with Crippen LogP contribution >= 0.6 is 11.3 Å². The lowest BCUT2D eigenvalue weighted by molar-refractivity contribution is -0.135. The number of benzene rings is 1. The Hall–Kier alpha value is -2.45. The Morgan fingerprint density at radius 1 is 1.06 bits per heavy atom. The molecule has 3 fully saturated rings. The van der Waals surface area contributed by atoms with E-state index >= 15 is 0 Å². The van der Waals surface area contributed by atoms with Crippen LogP contribution in [0.5, 0.6) is 0 Å². The van der Waals surface area contributed by atoms with Gasteiger partial charge in [0.05, 0.1) is 18.8 Å². The summed E-state index contributed by atoms with van der Waals surface area (Å²) < 4.78 is 5.08. The Morgan fingerprint density at radius 2 is 1.76 bits per heavy atom. The highest BCUT2D eigenvalue weighted by molar-refractivity contribution is 7.09. The summed E-state index contributed by atoms with van der Waals surface area (Å²) in [5.74, 6) is 0.456. The zero-order chi connectivity index (χ0) is 22.8. The second-order valence-electron chi connectivity index (χ2n) is 9.40. The van der Waals surface area contributed by atoms with Crippen molar-refractivity contribution in [3.05, 3.63) is 40.7 Å².